The lowest BCUT2D eigenvalue weighted by Crippen LogP contribution is -2.23. The molecular formula is C24H24ClN5O2S. The van der Waals surface area contributed by atoms with Crippen LogP contribution in [0.15, 0.2) is 53.7 Å². The van der Waals surface area contributed by atoms with Gasteiger partial charge in [-0.25, -0.2) is 0 Å². The molecule has 170 valence electrons. The quantitative estimate of drug-likeness (QED) is 0.362. The smallest absolute Gasteiger partial charge is 0.232 e. The van der Waals surface area contributed by atoms with Crippen molar-refractivity contribution in [3.63, 3.8) is 0 Å². The third-order valence-corrected chi connectivity index (χ3v) is 7.14. The Labute approximate surface area is 201 Å². The standard InChI is InChI=1S/C24H24ClN5O2S/c25-18-5-3-6-20(15-18)30-23(28-12-1-2-13-28)26-27-24(30)33-16-21(31)17-8-10-19(11-9-17)29-14-4-7-22(29)32/h3,5-6,8-11,15H,1-2,4,7,12-14,16H2. The number of Topliss-reactive ketones (excluding diaryl/α,β-unsaturated/α-hetero) is 1. The molecule has 2 aliphatic rings. The van der Waals surface area contributed by atoms with Gasteiger partial charge in [0.15, 0.2) is 10.9 Å². The molecule has 2 fully saturated rings. The van der Waals surface area contributed by atoms with Crippen LogP contribution in [0.4, 0.5) is 11.6 Å². The largest absolute Gasteiger partial charge is 0.341 e. The third-order valence-electron chi connectivity index (χ3n) is 5.98. The average molecular weight is 482 g/mol. The molecule has 1 amide bonds. The van der Waals surface area contributed by atoms with Gasteiger partial charge < -0.3 is 9.80 Å². The Morgan fingerprint density at radius 3 is 2.45 bits per heavy atom. The van der Waals surface area contributed by atoms with Gasteiger partial charge in [0.25, 0.3) is 0 Å². The number of ketones is 1. The number of hydrogen-bond donors (Lipinski definition) is 0. The summed E-state index contributed by atoms with van der Waals surface area (Å²) in [4.78, 5) is 28.8. The Hall–Kier alpha value is -2.84. The molecule has 0 bridgehead atoms. The highest BCUT2D eigenvalue weighted by atomic mass is 35.5. The van der Waals surface area contributed by atoms with Crippen LogP contribution in [-0.4, -0.2) is 51.8 Å². The number of carbonyl (C=O) groups is 2. The molecule has 9 heteroatoms. The van der Waals surface area contributed by atoms with Gasteiger partial charge in [0.2, 0.25) is 11.9 Å². The summed E-state index contributed by atoms with van der Waals surface area (Å²) in [5, 5.41) is 10.1. The van der Waals surface area contributed by atoms with Crippen molar-refractivity contribution >= 4 is 46.7 Å². The van der Waals surface area contributed by atoms with E-state index in [9.17, 15) is 9.59 Å². The number of nitrogens with zero attached hydrogens (tertiary/aromatic N) is 5. The zero-order chi connectivity index (χ0) is 22.8. The molecule has 2 aliphatic heterocycles. The van der Waals surface area contributed by atoms with Crippen molar-refractivity contribution in [1.29, 1.82) is 0 Å². The van der Waals surface area contributed by atoms with E-state index in [2.05, 4.69) is 15.1 Å². The molecule has 0 spiro atoms. The Bertz CT molecular complexity index is 1170. The molecule has 0 aliphatic carbocycles. The minimum absolute atomic E-state index is 0.00247. The fourth-order valence-corrected chi connectivity index (χ4v) is 5.31. The zero-order valence-electron chi connectivity index (χ0n) is 18.1. The predicted molar refractivity (Wildman–Crippen MR) is 131 cm³/mol. The summed E-state index contributed by atoms with van der Waals surface area (Å²) in [6, 6.07) is 14.9. The Morgan fingerprint density at radius 2 is 1.76 bits per heavy atom. The van der Waals surface area contributed by atoms with Crippen LogP contribution in [-0.2, 0) is 4.79 Å². The molecule has 2 aromatic carbocycles. The topological polar surface area (TPSA) is 71.3 Å². The van der Waals surface area contributed by atoms with Crippen LogP contribution in [0.1, 0.15) is 36.0 Å². The van der Waals surface area contributed by atoms with E-state index in [1.165, 1.54) is 11.8 Å². The van der Waals surface area contributed by atoms with Gasteiger partial charge >= 0.3 is 0 Å². The lowest BCUT2D eigenvalue weighted by molar-refractivity contribution is -0.117. The average Bonchev–Trinajstić information content (AvgIpc) is 3.58. The first-order chi connectivity index (χ1) is 16.1. The van der Waals surface area contributed by atoms with Gasteiger partial charge in [0, 0.05) is 42.3 Å². The molecule has 3 aromatic rings. The van der Waals surface area contributed by atoms with E-state index < -0.39 is 0 Å². The molecule has 5 rings (SSSR count). The Morgan fingerprint density at radius 1 is 0.970 bits per heavy atom. The van der Waals surface area contributed by atoms with Crippen LogP contribution in [0.2, 0.25) is 5.02 Å². The number of halogens is 1. The van der Waals surface area contributed by atoms with Gasteiger partial charge in [-0.05, 0) is 61.7 Å². The van der Waals surface area contributed by atoms with Crippen LogP contribution >= 0.6 is 23.4 Å². The summed E-state index contributed by atoms with van der Waals surface area (Å²) in [6.07, 6.45) is 3.72. The van der Waals surface area contributed by atoms with Crippen LogP contribution in [0.3, 0.4) is 0 Å². The summed E-state index contributed by atoms with van der Waals surface area (Å²) < 4.78 is 1.98. The number of thioether (sulfide) groups is 1. The maximum Gasteiger partial charge on any atom is 0.232 e. The SMILES string of the molecule is O=C(CSc1nnc(N2CCCC2)n1-c1cccc(Cl)c1)c1ccc(N2CCCC2=O)cc1. The molecule has 0 N–H and O–H groups in total. The van der Waals surface area contributed by atoms with E-state index in [4.69, 9.17) is 11.6 Å². The van der Waals surface area contributed by atoms with Crippen LogP contribution in [0.25, 0.3) is 5.69 Å². The summed E-state index contributed by atoms with van der Waals surface area (Å²) in [7, 11) is 0. The molecule has 3 heterocycles. The van der Waals surface area contributed by atoms with Crippen molar-refractivity contribution in [1.82, 2.24) is 14.8 Å². The molecule has 0 atom stereocenters. The van der Waals surface area contributed by atoms with E-state index in [1.54, 1.807) is 17.0 Å². The maximum absolute atomic E-state index is 12.9. The van der Waals surface area contributed by atoms with Crippen molar-refractivity contribution in [3.05, 3.63) is 59.1 Å². The monoisotopic (exact) mass is 481 g/mol. The lowest BCUT2D eigenvalue weighted by atomic mass is 10.1. The second-order valence-corrected chi connectivity index (χ2v) is 9.58. The molecule has 0 unspecified atom stereocenters. The second-order valence-electron chi connectivity index (χ2n) is 8.20. The minimum Gasteiger partial charge on any atom is -0.341 e. The zero-order valence-corrected chi connectivity index (χ0v) is 19.7. The van der Waals surface area contributed by atoms with Crippen molar-refractivity contribution in [2.45, 2.75) is 30.8 Å². The van der Waals surface area contributed by atoms with E-state index in [1.807, 2.05) is 41.0 Å². The van der Waals surface area contributed by atoms with Crippen molar-refractivity contribution in [2.75, 3.05) is 35.2 Å². The number of benzene rings is 2. The number of anilines is 2. The molecular weight excluding hydrogens is 458 g/mol. The van der Waals surface area contributed by atoms with E-state index in [0.29, 0.717) is 22.2 Å². The van der Waals surface area contributed by atoms with Crippen LogP contribution in [0, 0.1) is 0 Å². The van der Waals surface area contributed by atoms with Crippen LogP contribution < -0.4 is 9.80 Å². The molecule has 0 saturated carbocycles. The highest BCUT2D eigenvalue weighted by Gasteiger charge is 2.24. The summed E-state index contributed by atoms with van der Waals surface area (Å²) >= 11 is 7.62. The lowest BCUT2D eigenvalue weighted by Gasteiger charge is -2.18. The normalized spacial score (nSPS) is 16.1. The molecule has 7 nitrogen and oxygen atoms in total. The fraction of sp³-hybridized carbons (Fsp3) is 0.333. The number of aromatic nitrogens is 3. The Balaban J connectivity index is 1.34. The maximum atomic E-state index is 12.9. The molecule has 0 radical (unpaired) electrons. The van der Waals surface area contributed by atoms with Gasteiger partial charge in [-0.2, -0.15) is 0 Å². The van der Waals surface area contributed by atoms with E-state index >= 15 is 0 Å². The first kappa shape index (κ1) is 22.0. The minimum atomic E-state index is 0.00247. The molecule has 33 heavy (non-hydrogen) atoms. The van der Waals surface area contributed by atoms with Gasteiger partial charge in [-0.1, -0.05) is 29.4 Å². The number of hydrogen-bond acceptors (Lipinski definition) is 6. The van der Waals surface area contributed by atoms with Gasteiger partial charge in [0.1, 0.15) is 0 Å². The number of amides is 1. The van der Waals surface area contributed by atoms with E-state index in [-0.39, 0.29) is 17.4 Å². The molecule has 2 saturated heterocycles. The van der Waals surface area contributed by atoms with Crippen molar-refractivity contribution in [3.8, 4) is 5.69 Å². The highest BCUT2D eigenvalue weighted by Crippen LogP contribution is 2.30. The first-order valence-electron chi connectivity index (χ1n) is 11.1. The summed E-state index contributed by atoms with van der Waals surface area (Å²) in [6.45, 7) is 2.61. The Kier molecular flexibility index (Phi) is 6.37. The second kappa shape index (κ2) is 9.57. The van der Waals surface area contributed by atoms with Gasteiger partial charge in [0.05, 0.1) is 11.4 Å². The predicted octanol–water partition coefficient (Wildman–Crippen LogP) is 4.62. The highest BCUT2D eigenvalue weighted by molar-refractivity contribution is 7.99. The number of rotatable bonds is 7. The van der Waals surface area contributed by atoms with Crippen molar-refractivity contribution < 1.29 is 9.59 Å². The van der Waals surface area contributed by atoms with Crippen LogP contribution in [0.5, 0.6) is 0 Å². The summed E-state index contributed by atoms with van der Waals surface area (Å²) in [5.41, 5.74) is 2.34. The van der Waals surface area contributed by atoms with Crippen molar-refractivity contribution in [2.24, 2.45) is 0 Å². The van der Waals surface area contributed by atoms with Gasteiger partial charge in [-0.15, -0.1) is 10.2 Å². The molecule has 1 aromatic heterocycles. The third kappa shape index (κ3) is 4.63. The first-order valence-corrected chi connectivity index (χ1v) is 12.5. The fourth-order valence-electron chi connectivity index (χ4n) is 4.28. The van der Waals surface area contributed by atoms with Gasteiger partial charge in [-0.3, -0.25) is 14.2 Å². The summed E-state index contributed by atoms with van der Waals surface area (Å²) in [5.74, 6) is 1.16. The van der Waals surface area contributed by atoms with E-state index in [0.717, 1.165) is 56.2 Å². The number of carbonyl (C=O) groups excluding carboxylic acids is 2.